The molecule has 2 rings (SSSR count). The van der Waals surface area contributed by atoms with Gasteiger partial charge in [0.1, 0.15) is 15.9 Å². The lowest BCUT2D eigenvalue weighted by molar-refractivity contribution is 0.569. The molecule has 92 valence electrons. The van der Waals surface area contributed by atoms with Gasteiger partial charge in [0.15, 0.2) is 0 Å². The molecule has 0 bridgehead atoms. The molecular formula is C12H17N3S2. The molecule has 1 fully saturated rings. The topological polar surface area (TPSA) is 53.0 Å². The van der Waals surface area contributed by atoms with Gasteiger partial charge in [-0.25, -0.2) is 0 Å². The molecule has 3 nitrogen and oxygen atoms in total. The van der Waals surface area contributed by atoms with Gasteiger partial charge in [0.2, 0.25) is 0 Å². The highest BCUT2D eigenvalue weighted by molar-refractivity contribution is 7.99. The summed E-state index contributed by atoms with van der Waals surface area (Å²) in [5, 5.41) is 10.2. The number of hydrogen-bond donors (Lipinski definition) is 1. The molecule has 0 amide bonds. The van der Waals surface area contributed by atoms with Crippen molar-refractivity contribution in [2.45, 2.75) is 24.7 Å². The monoisotopic (exact) mass is 267 g/mol. The molecule has 5 heteroatoms. The Labute approximate surface area is 111 Å². The van der Waals surface area contributed by atoms with Crippen molar-refractivity contribution in [2.24, 2.45) is 5.92 Å². The van der Waals surface area contributed by atoms with Crippen molar-refractivity contribution in [1.82, 2.24) is 0 Å². The van der Waals surface area contributed by atoms with Crippen LogP contribution in [-0.4, -0.2) is 19.3 Å². The van der Waals surface area contributed by atoms with Crippen LogP contribution in [0.1, 0.15) is 24.6 Å². The summed E-state index contributed by atoms with van der Waals surface area (Å²) in [5.74, 6) is 0.790. The summed E-state index contributed by atoms with van der Waals surface area (Å²) in [4.78, 5) is 4.13. The van der Waals surface area contributed by atoms with Gasteiger partial charge >= 0.3 is 0 Å². The summed E-state index contributed by atoms with van der Waals surface area (Å²) in [6.07, 6.45) is 4.51. The van der Waals surface area contributed by atoms with Gasteiger partial charge < -0.3 is 10.6 Å². The summed E-state index contributed by atoms with van der Waals surface area (Å²) < 4.78 is 0. The molecule has 1 atom stereocenters. The first-order valence-corrected chi connectivity index (χ1v) is 7.86. The average molecular weight is 267 g/mol. The fraction of sp³-hybridized carbons (Fsp3) is 0.583. The smallest absolute Gasteiger partial charge is 0.131 e. The van der Waals surface area contributed by atoms with Crippen LogP contribution in [0.4, 0.5) is 10.7 Å². The van der Waals surface area contributed by atoms with Gasteiger partial charge in [-0.3, -0.25) is 0 Å². The zero-order valence-electron chi connectivity index (χ0n) is 10.2. The number of thioether (sulfide) groups is 1. The van der Waals surface area contributed by atoms with E-state index in [0.717, 1.165) is 23.9 Å². The van der Waals surface area contributed by atoms with Crippen molar-refractivity contribution in [1.29, 1.82) is 5.26 Å². The van der Waals surface area contributed by atoms with Crippen molar-refractivity contribution in [2.75, 3.05) is 30.0 Å². The number of thiophene rings is 1. The molecule has 1 saturated heterocycles. The van der Waals surface area contributed by atoms with E-state index in [4.69, 9.17) is 11.0 Å². The van der Waals surface area contributed by atoms with Gasteiger partial charge in [-0.05, 0) is 18.6 Å². The zero-order valence-corrected chi connectivity index (χ0v) is 11.8. The van der Waals surface area contributed by atoms with Gasteiger partial charge in [0.05, 0.1) is 10.6 Å². The SMILES string of the molecule is CCC1CCN(c2sc(C#N)c(N)c2SC)C1. The van der Waals surface area contributed by atoms with E-state index in [1.54, 1.807) is 11.8 Å². The van der Waals surface area contributed by atoms with Crippen LogP contribution < -0.4 is 10.6 Å². The molecule has 1 aromatic rings. The van der Waals surface area contributed by atoms with E-state index >= 15 is 0 Å². The Bertz CT molecular complexity index is 447. The van der Waals surface area contributed by atoms with E-state index in [-0.39, 0.29) is 0 Å². The first-order valence-electron chi connectivity index (χ1n) is 5.82. The molecule has 0 saturated carbocycles. The number of nitrogens with zero attached hydrogens (tertiary/aromatic N) is 2. The fourth-order valence-electron chi connectivity index (χ4n) is 2.26. The summed E-state index contributed by atoms with van der Waals surface area (Å²) in [6, 6.07) is 2.19. The molecule has 2 heterocycles. The Balaban J connectivity index is 2.30. The largest absolute Gasteiger partial charge is 0.396 e. The highest BCUT2D eigenvalue weighted by Crippen LogP contribution is 2.44. The maximum absolute atomic E-state index is 9.05. The van der Waals surface area contributed by atoms with Crippen molar-refractivity contribution in [3.8, 4) is 6.07 Å². The zero-order chi connectivity index (χ0) is 12.4. The van der Waals surface area contributed by atoms with Crippen molar-refractivity contribution in [3.05, 3.63) is 4.88 Å². The van der Waals surface area contributed by atoms with E-state index in [1.807, 2.05) is 6.26 Å². The number of hydrogen-bond acceptors (Lipinski definition) is 5. The van der Waals surface area contributed by atoms with E-state index in [1.165, 1.54) is 29.2 Å². The van der Waals surface area contributed by atoms with E-state index < -0.39 is 0 Å². The summed E-state index contributed by atoms with van der Waals surface area (Å²) in [6.45, 7) is 4.44. The van der Waals surface area contributed by atoms with Gasteiger partial charge in [0, 0.05) is 13.1 Å². The maximum Gasteiger partial charge on any atom is 0.131 e. The first kappa shape index (κ1) is 12.6. The Hall–Kier alpha value is -0.860. The van der Waals surface area contributed by atoms with E-state index in [9.17, 15) is 0 Å². The fourth-order valence-corrected chi connectivity index (χ4v) is 4.27. The highest BCUT2D eigenvalue weighted by atomic mass is 32.2. The molecule has 2 N–H and O–H groups in total. The van der Waals surface area contributed by atoms with E-state index in [0.29, 0.717) is 10.6 Å². The Kier molecular flexibility index (Phi) is 3.85. The second kappa shape index (κ2) is 5.19. The lowest BCUT2D eigenvalue weighted by Gasteiger charge is -2.17. The summed E-state index contributed by atoms with van der Waals surface area (Å²) >= 11 is 3.19. The molecule has 1 aliphatic rings. The highest BCUT2D eigenvalue weighted by Gasteiger charge is 2.26. The van der Waals surface area contributed by atoms with Crippen LogP contribution >= 0.6 is 23.1 Å². The van der Waals surface area contributed by atoms with Gasteiger partial charge in [-0.1, -0.05) is 13.3 Å². The Morgan fingerprint density at radius 3 is 2.94 bits per heavy atom. The van der Waals surface area contributed by atoms with E-state index in [2.05, 4.69) is 17.9 Å². The van der Waals surface area contributed by atoms with Crippen LogP contribution in [0.15, 0.2) is 4.90 Å². The van der Waals surface area contributed by atoms with Crippen molar-refractivity contribution < 1.29 is 0 Å². The van der Waals surface area contributed by atoms with Crippen LogP contribution in [-0.2, 0) is 0 Å². The number of anilines is 2. The molecule has 17 heavy (non-hydrogen) atoms. The normalized spacial score (nSPS) is 19.6. The van der Waals surface area contributed by atoms with Crippen LogP contribution in [0, 0.1) is 17.2 Å². The van der Waals surface area contributed by atoms with Crippen molar-refractivity contribution >= 4 is 33.8 Å². The lowest BCUT2D eigenvalue weighted by Crippen LogP contribution is -2.18. The minimum Gasteiger partial charge on any atom is -0.396 e. The Morgan fingerprint density at radius 1 is 1.65 bits per heavy atom. The van der Waals surface area contributed by atoms with Crippen LogP contribution in [0.2, 0.25) is 0 Å². The number of nitrogens with two attached hydrogens (primary N) is 1. The first-order chi connectivity index (χ1) is 8.21. The second-order valence-electron chi connectivity index (χ2n) is 4.30. The number of nitriles is 1. The molecule has 1 aromatic heterocycles. The predicted octanol–water partition coefficient (Wildman–Crippen LogP) is 3.16. The summed E-state index contributed by atoms with van der Waals surface area (Å²) in [7, 11) is 0. The van der Waals surface area contributed by atoms with Crippen LogP contribution in [0.25, 0.3) is 0 Å². The van der Waals surface area contributed by atoms with Gasteiger partial charge in [-0.15, -0.1) is 23.1 Å². The maximum atomic E-state index is 9.05. The standard InChI is InChI=1S/C12H17N3S2/c1-3-8-4-5-15(7-8)12-11(16-2)10(14)9(6-13)17-12/h8H,3-5,7,14H2,1-2H3. The lowest BCUT2D eigenvalue weighted by atomic mass is 10.1. The molecule has 0 aromatic carbocycles. The average Bonchev–Trinajstić information content (AvgIpc) is 2.92. The second-order valence-corrected chi connectivity index (χ2v) is 6.12. The third kappa shape index (κ3) is 2.24. The molecule has 1 aliphatic heterocycles. The molecule has 0 aliphatic carbocycles. The number of rotatable bonds is 3. The third-order valence-corrected chi connectivity index (χ3v) is 5.46. The van der Waals surface area contributed by atoms with Gasteiger partial charge in [-0.2, -0.15) is 5.26 Å². The molecule has 0 radical (unpaired) electrons. The Morgan fingerprint density at radius 2 is 2.41 bits per heavy atom. The predicted molar refractivity (Wildman–Crippen MR) is 75.8 cm³/mol. The number of nitrogen functional groups attached to an aromatic ring is 1. The van der Waals surface area contributed by atoms with Crippen LogP contribution in [0.5, 0.6) is 0 Å². The quantitative estimate of drug-likeness (QED) is 0.855. The summed E-state index contributed by atoms with van der Waals surface area (Å²) in [5.41, 5.74) is 6.67. The minimum atomic E-state index is 0.657. The minimum absolute atomic E-state index is 0.657. The third-order valence-electron chi connectivity index (χ3n) is 3.34. The van der Waals surface area contributed by atoms with Crippen LogP contribution in [0.3, 0.4) is 0 Å². The van der Waals surface area contributed by atoms with Crippen molar-refractivity contribution in [3.63, 3.8) is 0 Å². The molecule has 0 spiro atoms. The van der Waals surface area contributed by atoms with Gasteiger partial charge in [0.25, 0.3) is 0 Å². The molecular weight excluding hydrogens is 250 g/mol. The molecule has 1 unspecified atom stereocenters.